The molecule has 1 N–H and O–H groups in total. The lowest BCUT2D eigenvalue weighted by Crippen LogP contribution is -2.33. The molecule has 1 aromatic carbocycles. The minimum absolute atomic E-state index is 0.110. The number of amides is 1. The van der Waals surface area contributed by atoms with Gasteiger partial charge < -0.3 is 14.7 Å². The van der Waals surface area contributed by atoms with Crippen molar-refractivity contribution in [2.75, 3.05) is 31.6 Å². The van der Waals surface area contributed by atoms with E-state index in [-0.39, 0.29) is 24.1 Å². The van der Waals surface area contributed by atoms with Gasteiger partial charge in [0, 0.05) is 19.8 Å². The smallest absolute Gasteiger partial charge is 0.305 e. The lowest BCUT2D eigenvalue weighted by atomic mass is 10.1. The molecule has 1 fully saturated rings. The maximum atomic E-state index is 12.5. The second-order valence-electron chi connectivity index (χ2n) is 6.81. The number of ether oxygens (including phenoxy) is 1. The Kier molecular flexibility index (Phi) is 7.64. The fraction of sp³-hybridized carbons (Fsp3) is 0.333. The summed E-state index contributed by atoms with van der Waals surface area (Å²) in [7, 11) is 1.97. The summed E-state index contributed by atoms with van der Waals surface area (Å²) >= 11 is 6.55. The van der Waals surface area contributed by atoms with E-state index in [1.165, 1.54) is 16.7 Å². The van der Waals surface area contributed by atoms with Crippen LogP contribution in [0.25, 0.3) is 0 Å². The van der Waals surface area contributed by atoms with Crippen LogP contribution in [0.2, 0.25) is 0 Å². The second-order valence-corrected chi connectivity index (χ2v) is 8.65. The van der Waals surface area contributed by atoms with Crippen LogP contribution in [0.1, 0.15) is 12.0 Å². The maximum Gasteiger partial charge on any atom is 0.305 e. The highest BCUT2D eigenvalue weighted by Gasteiger charge is 2.36. The van der Waals surface area contributed by atoms with Gasteiger partial charge in [-0.25, -0.2) is 4.98 Å². The third kappa shape index (κ3) is 5.93. The Labute approximate surface area is 185 Å². The van der Waals surface area contributed by atoms with Gasteiger partial charge in [-0.3, -0.25) is 14.5 Å². The number of rotatable bonds is 10. The lowest BCUT2D eigenvalue weighted by Gasteiger charge is -2.18. The molecule has 0 saturated carbocycles. The summed E-state index contributed by atoms with van der Waals surface area (Å²) in [6, 6.07) is 13.4. The number of thiocarbonyl (C=S) groups is 1. The van der Waals surface area contributed by atoms with E-state index < -0.39 is 5.97 Å². The molecule has 7 nitrogen and oxygen atoms in total. The third-order valence-electron chi connectivity index (χ3n) is 4.63. The van der Waals surface area contributed by atoms with Gasteiger partial charge >= 0.3 is 5.97 Å². The van der Waals surface area contributed by atoms with Crippen LogP contribution >= 0.6 is 24.0 Å². The highest BCUT2D eigenvalue weighted by molar-refractivity contribution is 8.24. The van der Waals surface area contributed by atoms with Crippen molar-refractivity contribution < 1.29 is 19.4 Å². The number of carboxylic acids is 1. The van der Waals surface area contributed by atoms with Crippen molar-refractivity contribution in [1.82, 2.24) is 9.88 Å². The van der Waals surface area contributed by atoms with Crippen molar-refractivity contribution in [3.63, 3.8) is 0 Å². The summed E-state index contributed by atoms with van der Waals surface area (Å²) in [5.41, 5.74) is 1.00. The van der Waals surface area contributed by atoms with E-state index in [0.29, 0.717) is 23.9 Å². The third-order valence-corrected chi connectivity index (χ3v) is 6.22. The normalized spacial score (nSPS) is 16.0. The average molecular weight is 446 g/mol. The fourth-order valence-corrected chi connectivity index (χ4v) is 4.55. The summed E-state index contributed by atoms with van der Waals surface area (Å²) in [4.78, 5) is 31.0. The van der Waals surface area contributed by atoms with Crippen LogP contribution in [0.3, 0.4) is 0 Å². The number of aliphatic carboxylic acids is 1. The molecule has 9 heteroatoms. The van der Waals surface area contributed by atoms with Crippen molar-refractivity contribution in [1.29, 1.82) is 0 Å². The number of benzene rings is 1. The molecular formula is C21H23N3O4S2. The topological polar surface area (TPSA) is 83.0 Å². The minimum Gasteiger partial charge on any atom is -0.492 e. The monoisotopic (exact) mass is 445 g/mol. The van der Waals surface area contributed by atoms with Crippen molar-refractivity contribution in [3.8, 4) is 5.75 Å². The number of carboxylic acid groups (broad SMARTS) is 1. The Hall–Kier alpha value is -2.65. The Morgan fingerprint density at radius 2 is 2.07 bits per heavy atom. The SMILES string of the molecule is CN(CCOc1ccc(CC2SC(=S)N(CCC(=O)O)C2=O)cc1)c1ccccn1. The molecule has 3 rings (SSSR count). The summed E-state index contributed by atoms with van der Waals surface area (Å²) < 4.78 is 6.25. The van der Waals surface area contributed by atoms with Crippen molar-refractivity contribution in [3.05, 3.63) is 54.2 Å². The first-order valence-electron chi connectivity index (χ1n) is 9.51. The van der Waals surface area contributed by atoms with E-state index in [1.54, 1.807) is 6.20 Å². The van der Waals surface area contributed by atoms with Crippen LogP contribution in [0, 0.1) is 0 Å². The number of anilines is 1. The van der Waals surface area contributed by atoms with Crippen LogP contribution in [-0.2, 0) is 16.0 Å². The quantitative estimate of drug-likeness (QED) is 0.559. The van der Waals surface area contributed by atoms with Crippen LogP contribution in [0.4, 0.5) is 5.82 Å². The lowest BCUT2D eigenvalue weighted by molar-refractivity contribution is -0.137. The Bertz CT molecular complexity index is 893. The van der Waals surface area contributed by atoms with Gasteiger partial charge in [-0.05, 0) is 36.2 Å². The fourth-order valence-electron chi connectivity index (χ4n) is 2.97. The first-order chi connectivity index (χ1) is 14.4. The number of hydrogen-bond donors (Lipinski definition) is 1. The summed E-state index contributed by atoms with van der Waals surface area (Å²) in [6.07, 6.45) is 2.19. The number of thioether (sulfide) groups is 1. The van der Waals surface area contributed by atoms with E-state index in [1.807, 2.05) is 54.4 Å². The van der Waals surface area contributed by atoms with Crippen LogP contribution < -0.4 is 9.64 Å². The minimum atomic E-state index is -0.944. The van der Waals surface area contributed by atoms with Gasteiger partial charge in [0.1, 0.15) is 22.5 Å². The molecule has 1 unspecified atom stereocenters. The van der Waals surface area contributed by atoms with Crippen LogP contribution in [-0.4, -0.2) is 63.2 Å². The van der Waals surface area contributed by atoms with E-state index in [2.05, 4.69) is 4.98 Å². The maximum absolute atomic E-state index is 12.5. The van der Waals surface area contributed by atoms with E-state index in [9.17, 15) is 9.59 Å². The second kappa shape index (κ2) is 10.4. The van der Waals surface area contributed by atoms with Crippen LogP contribution in [0.15, 0.2) is 48.7 Å². The Balaban J connectivity index is 1.47. The largest absolute Gasteiger partial charge is 0.492 e. The number of carbonyl (C=O) groups excluding carboxylic acids is 1. The average Bonchev–Trinajstić information content (AvgIpc) is 3.00. The first kappa shape index (κ1) is 22.0. The first-order valence-corrected chi connectivity index (χ1v) is 10.8. The molecule has 1 amide bonds. The zero-order valence-corrected chi connectivity index (χ0v) is 18.2. The molecule has 158 valence electrons. The number of likely N-dealkylation sites (N-methyl/N-ethyl adjacent to an activating group) is 1. The summed E-state index contributed by atoms with van der Waals surface area (Å²) in [6.45, 7) is 1.35. The van der Waals surface area contributed by atoms with E-state index in [4.69, 9.17) is 22.1 Å². The van der Waals surface area contributed by atoms with Gasteiger partial charge in [0.15, 0.2) is 0 Å². The standard InChI is InChI=1S/C21H23N3O4S2/c1-23(18-4-2-3-10-22-18)12-13-28-16-7-5-15(6-8-16)14-17-20(27)24(21(29)30-17)11-9-19(25)26/h2-8,10,17H,9,11-14H2,1H3,(H,25,26). The number of nitrogens with zero attached hydrogens (tertiary/aromatic N) is 3. The van der Waals surface area contributed by atoms with Gasteiger partial charge in [0.05, 0.1) is 18.2 Å². The molecule has 0 aliphatic carbocycles. The molecule has 1 atom stereocenters. The zero-order valence-electron chi connectivity index (χ0n) is 16.6. The molecule has 1 aromatic heterocycles. The number of pyridine rings is 1. The molecule has 2 aromatic rings. The molecule has 2 heterocycles. The molecule has 0 spiro atoms. The molecule has 0 radical (unpaired) electrons. The van der Waals surface area contributed by atoms with E-state index >= 15 is 0 Å². The summed E-state index contributed by atoms with van der Waals surface area (Å²) in [5, 5.41) is 8.50. The van der Waals surface area contributed by atoms with Gasteiger partial charge in [0.2, 0.25) is 5.91 Å². The molecule has 1 saturated heterocycles. The molecule has 1 aliphatic rings. The summed E-state index contributed by atoms with van der Waals surface area (Å²) in [5.74, 6) is 0.590. The van der Waals surface area contributed by atoms with Gasteiger partial charge in [-0.1, -0.05) is 42.2 Å². The van der Waals surface area contributed by atoms with E-state index in [0.717, 1.165) is 17.1 Å². The van der Waals surface area contributed by atoms with Gasteiger partial charge in [-0.15, -0.1) is 0 Å². The number of hydrogen-bond acceptors (Lipinski definition) is 7. The van der Waals surface area contributed by atoms with Crippen LogP contribution in [0.5, 0.6) is 5.75 Å². The zero-order chi connectivity index (χ0) is 21.5. The molecule has 30 heavy (non-hydrogen) atoms. The van der Waals surface area contributed by atoms with Crippen molar-refractivity contribution >= 4 is 46.0 Å². The van der Waals surface area contributed by atoms with Crippen molar-refractivity contribution in [2.45, 2.75) is 18.1 Å². The Morgan fingerprint density at radius 3 is 2.73 bits per heavy atom. The molecule has 1 aliphatic heterocycles. The molecular weight excluding hydrogens is 422 g/mol. The van der Waals surface area contributed by atoms with Gasteiger partial charge in [0.25, 0.3) is 0 Å². The highest BCUT2D eigenvalue weighted by atomic mass is 32.2. The number of aromatic nitrogens is 1. The Morgan fingerprint density at radius 1 is 1.30 bits per heavy atom. The van der Waals surface area contributed by atoms with Crippen molar-refractivity contribution in [2.24, 2.45) is 0 Å². The molecule has 0 bridgehead atoms. The predicted octanol–water partition coefficient (Wildman–Crippen LogP) is 2.84. The van der Waals surface area contributed by atoms with Gasteiger partial charge in [-0.2, -0.15) is 0 Å². The number of carbonyl (C=O) groups is 2. The predicted molar refractivity (Wildman–Crippen MR) is 121 cm³/mol. The highest BCUT2D eigenvalue weighted by Crippen LogP contribution is 2.30.